The molecule has 0 heteroatoms. The van der Waals surface area contributed by atoms with Crippen LogP contribution >= 0.6 is 0 Å². The van der Waals surface area contributed by atoms with Gasteiger partial charge in [0.15, 0.2) is 0 Å². The lowest BCUT2D eigenvalue weighted by molar-refractivity contribution is 0.276. The smallest absolute Gasteiger partial charge is 0.0231 e. The Morgan fingerprint density at radius 2 is 1.43 bits per heavy atom. The van der Waals surface area contributed by atoms with Gasteiger partial charge in [0.2, 0.25) is 0 Å². The maximum Gasteiger partial charge on any atom is -0.0231 e. The molecule has 2 aliphatic carbocycles. The van der Waals surface area contributed by atoms with Gasteiger partial charge in [0, 0.05) is 0 Å². The van der Waals surface area contributed by atoms with E-state index in [1.807, 2.05) is 0 Å². The van der Waals surface area contributed by atoms with Crippen molar-refractivity contribution >= 4 is 0 Å². The van der Waals surface area contributed by atoms with Crippen molar-refractivity contribution < 1.29 is 0 Å². The summed E-state index contributed by atoms with van der Waals surface area (Å²) in [5.74, 6) is 3.98. The second-order valence-electron chi connectivity index (χ2n) is 8.25. The molecule has 0 N–H and O–H groups in total. The van der Waals surface area contributed by atoms with Gasteiger partial charge in [0.05, 0.1) is 0 Å². The Morgan fingerprint density at radius 3 is 2.05 bits per heavy atom. The van der Waals surface area contributed by atoms with E-state index in [1.165, 1.54) is 77.0 Å². The van der Waals surface area contributed by atoms with E-state index in [0.29, 0.717) is 0 Å². The number of hydrogen-bond donors (Lipinski definition) is 0. The molecule has 21 heavy (non-hydrogen) atoms. The lowest BCUT2D eigenvalue weighted by Gasteiger charge is -2.28. The molecule has 0 aromatic heterocycles. The van der Waals surface area contributed by atoms with Gasteiger partial charge in [0.1, 0.15) is 0 Å². The molecule has 2 fully saturated rings. The minimum absolute atomic E-state index is 0.907. The monoisotopic (exact) mass is 290 g/mol. The number of hydrogen-bond acceptors (Lipinski definition) is 0. The van der Waals surface area contributed by atoms with E-state index in [4.69, 9.17) is 0 Å². The van der Waals surface area contributed by atoms with Gasteiger partial charge in [-0.1, -0.05) is 64.0 Å². The fourth-order valence-corrected chi connectivity index (χ4v) is 4.59. The van der Waals surface area contributed by atoms with Gasteiger partial charge in [-0.2, -0.15) is 0 Å². The molecule has 2 rings (SSSR count). The van der Waals surface area contributed by atoms with Crippen LogP contribution in [0.4, 0.5) is 0 Å². The zero-order chi connectivity index (χ0) is 15.1. The Balaban J connectivity index is 1.65. The average molecular weight is 291 g/mol. The van der Waals surface area contributed by atoms with Crippen LogP contribution in [0.15, 0.2) is 11.6 Å². The fraction of sp³-hybridized carbons (Fsp3) is 0.905. The van der Waals surface area contributed by atoms with Crippen LogP contribution < -0.4 is 0 Å². The molecule has 0 saturated heterocycles. The normalized spacial score (nSPS) is 34.9. The maximum absolute atomic E-state index is 2.65. The van der Waals surface area contributed by atoms with Crippen LogP contribution in [-0.4, -0.2) is 0 Å². The lowest BCUT2D eigenvalue weighted by Crippen LogP contribution is -2.14. The first kappa shape index (κ1) is 17.1. The first-order valence-electron chi connectivity index (χ1n) is 9.84. The predicted molar refractivity (Wildman–Crippen MR) is 94.5 cm³/mol. The van der Waals surface area contributed by atoms with Crippen LogP contribution in [-0.2, 0) is 0 Å². The third-order valence-corrected chi connectivity index (χ3v) is 6.19. The van der Waals surface area contributed by atoms with Crippen molar-refractivity contribution in [2.24, 2.45) is 23.7 Å². The van der Waals surface area contributed by atoms with Crippen molar-refractivity contribution in [1.82, 2.24) is 0 Å². The molecule has 0 amide bonds. The highest BCUT2D eigenvalue weighted by molar-refractivity contribution is 5.02. The van der Waals surface area contributed by atoms with Crippen LogP contribution in [0.2, 0.25) is 0 Å². The largest absolute Gasteiger partial charge is 0.0825 e. The zero-order valence-corrected chi connectivity index (χ0v) is 14.9. The highest BCUT2D eigenvalue weighted by Gasteiger charge is 2.20. The van der Waals surface area contributed by atoms with Gasteiger partial charge in [-0.15, -0.1) is 0 Å². The molecule has 0 unspecified atom stereocenters. The second-order valence-corrected chi connectivity index (χ2v) is 8.25. The average Bonchev–Trinajstić information content (AvgIpc) is 2.49. The van der Waals surface area contributed by atoms with Gasteiger partial charge in [-0.3, -0.25) is 0 Å². The van der Waals surface area contributed by atoms with Gasteiger partial charge >= 0.3 is 0 Å². The van der Waals surface area contributed by atoms with Crippen molar-refractivity contribution in [3.8, 4) is 0 Å². The van der Waals surface area contributed by atoms with Gasteiger partial charge in [0.25, 0.3) is 0 Å². The minimum atomic E-state index is 0.907. The molecule has 0 radical (unpaired) electrons. The Kier molecular flexibility index (Phi) is 7.34. The van der Waals surface area contributed by atoms with E-state index in [-0.39, 0.29) is 0 Å². The summed E-state index contributed by atoms with van der Waals surface area (Å²) in [6, 6.07) is 0. The first-order valence-corrected chi connectivity index (χ1v) is 9.84. The van der Waals surface area contributed by atoms with E-state index >= 15 is 0 Å². The molecular weight excluding hydrogens is 252 g/mol. The summed E-state index contributed by atoms with van der Waals surface area (Å²) in [6.07, 6.45) is 20.2. The molecule has 0 bridgehead atoms. The molecule has 0 spiro atoms. The molecule has 2 aliphatic rings. The Morgan fingerprint density at radius 1 is 0.857 bits per heavy atom. The summed E-state index contributed by atoms with van der Waals surface area (Å²) in [5, 5.41) is 0. The number of allylic oxidation sites excluding steroid dienone is 2. The topological polar surface area (TPSA) is 0 Å². The van der Waals surface area contributed by atoms with Crippen molar-refractivity contribution in [2.75, 3.05) is 0 Å². The van der Waals surface area contributed by atoms with Crippen molar-refractivity contribution in [3.05, 3.63) is 11.6 Å². The Bertz CT molecular complexity index is 298. The predicted octanol–water partition coefficient (Wildman–Crippen LogP) is 7.15. The van der Waals surface area contributed by atoms with E-state index < -0.39 is 0 Å². The second kappa shape index (κ2) is 9.01. The SMILES string of the molecule is CCCC1CCC(C=C(C)CCC2CCC(C)CC2)CC1. The van der Waals surface area contributed by atoms with Crippen molar-refractivity contribution in [3.63, 3.8) is 0 Å². The molecule has 0 aromatic rings. The maximum atomic E-state index is 2.65. The Hall–Kier alpha value is -0.260. The van der Waals surface area contributed by atoms with Gasteiger partial charge < -0.3 is 0 Å². The van der Waals surface area contributed by atoms with E-state index in [2.05, 4.69) is 26.8 Å². The third-order valence-electron chi connectivity index (χ3n) is 6.19. The summed E-state index contributed by atoms with van der Waals surface area (Å²) in [6.45, 7) is 7.15. The van der Waals surface area contributed by atoms with Gasteiger partial charge in [-0.05, 0) is 69.1 Å². The summed E-state index contributed by atoms with van der Waals surface area (Å²) >= 11 is 0. The van der Waals surface area contributed by atoms with Crippen molar-refractivity contribution in [2.45, 2.75) is 97.8 Å². The quantitative estimate of drug-likeness (QED) is 0.456. The zero-order valence-electron chi connectivity index (χ0n) is 14.9. The summed E-state index contributed by atoms with van der Waals surface area (Å²) in [4.78, 5) is 0. The van der Waals surface area contributed by atoms with Crippen LogP contribution in [0.3, 0.4) is 0 Å². The summed E-state index contributed by atoms with van der Waals surface area (Å²) < 4.78 is 0. The molecule has 0 nitrogen and oxygen atoms in total. The molecule has 0 atom stereocenters. The first-order chi connectivity index (χ1) is 10.2. The van der Waals surface area contributed by atoms with Crippen LogP contribution in [0.5, 0.6) is 0 Å². The Labute approximate surface area is 133 Å². The molecule has 2 saturated carbocycles. The van der Waals surface area contributed by atoms with E-state index in [1.54, 1.807) is 5.57 Å². The molecule has 0 aromatic carbocycles. The molecule has 0 heterocycles. The van der Waals surface area contributed by atoms with Crippen molar-refractivity contribution in [1.29, 1.82) is 0 Å². The van der Waals surface area contributed by atoms with Crippen LogP contribution in [0.25, 0.3) is 0 Å². The summed E-state index contributed by atoms with van der Waals surface area (Å²) in [7, 11) is 0. The third kappa shape index (κ3) is 6.17. The minimum Gasteiger partial charge on any atom is -0.0825 e. The van der Waals surface area contributed by atoms with E-state index in [9.17, 15) is 0 Å². The lowest BCUT2D eigenvalue weighted by atomic mass is 9.78. The number of rotatable bonds is 6. The van der Waals surface area contributed by atoms with Crippen LogP contribution in [0.1, 0.15) is 97.8 Å². The summed E-state index contributed by atoms with van der Waals surface area (Å²) in [5.41, 5.74) is 1.69. The molecule has 0 aliphatic heterocycles. The van der Waals surface area contributed by atoms with E-state index in [0.717, 1.165) is 23.7 Å². The fourth-order valence-electron chi connectivity index (χ4n) is 4.59. The molecule has 122 valence electrons. The standard InChI is InChI=1S/C21H38/c1-4-5-19-12-14-21(15-13-19)16-18(3)8-11-20-9-6-17(2)7-10-20/h16-17,19-21H,4-15H2,1-3H3. The molecular formula is C21H38. The highest BCUT2D eigenvalue weighted by Crippen LogP contribution is 2.34. The van der Waals surface area contributed by atoms with Gasteiger partial charge in [-0.25, -0.2) is 0 Å². The van der Waals surface area contributed by atoms with Crippen LogP contribution in [0, 0.1) is 23.7 Å². The highest BCUT2D eigenvalue weighted by atomic mass is 14.3.